The molecule has 0 aromatic heterocycles. The Labute approximate surface area is 80.0 Å². The number of rotatable bonds is 1. The van der Waals surface area contributed by atoms with Gasteiger partial charge >= 0.3 is 6.18 Å². The van der Waals surface area contributed by atoms with E-state index in [1.165, 1.54) is 0 Å². The van der Waals surface area contributed by atoms with Crippen molar-refractivity contribution < 1.29 is 13.2 Å². The van der Waals surface area contributed by atoms with E-state index in [2.05, 4.69) is 0 Å². The van der Waals surface area contributed by atoms with Crippen LogP contribution in [0.5, 0.6) is 0 Å². The highest BCUT2D eigenvalue weighted by molar-refractivity contribution is 5.66. The van der Waals surface area contributed by atoms with Crippen LogP contribution in [0.25, 0.3) is 6.08 Å². The topological polar surface area (TPSA) is 26.0 Å². The van der Waals surface area contributed by atoms with Crippen molar-refractivity contribution >= 4 is 11.8 Å². The first-order valence-electron chi connectivity index (χ1n) is 4.01. The van der Waals surface area contributed by atoms with Crippen LogP contribution in [0.1, 0.15) is 12.5 Å². The monoisotopic (exact) mass is 201 g/mol. The lowest BCUT2D eigenvalue weighted by atomic mass is 10.1. The van der Waals surface area contributed by atoms with Gasteiger partial charge in [-0.25, -0.2) is 0 Å². The molecule has 0 aliphatic carbocycles. The summed E-state index contributed by atoms with van der Waals surface area (Å²) in [5, 5.41) is 0. The van der Waals surface area contributed by atoms with Gasteiger partial charge in [-0.15, -0.1) is 0 Å². The molecule has 0 saturated heterocycles. The highest BCUT2D eigenvalue weighted by Crippen LogP contribution is 2.27. The Morgan fingerprint density at radius 2 is 1.86 bits per heavy atom. The molecule has 0 fully saturated rings. The van der Waals surface area contributed by atoms with Crippen molar-refractivity contribution in [2.24, 2.45) is 0 Å². The average Bonchev–Trinajstić information content (AvgIpc) is 2.07. The fraction of sp³-hybridized carbons (Fsp3) is 0.200. The van der Waals surface area contributed by atoms with Gasteiger partial charge in [0, 0.05) is 11.3 Å². The van der Waals surface area contributed by atoms with E-state index >= 15 is 0 Å². The van der Waals surface area contributed by atoms with Gasteiger partial charge in [0.25, 0.3) is 0 Å². The third-order valence-electron chi connectivity index (χ3n) is 1.82. The van der Waals surface area contributed by atoms with Crippen molar-refractivity contribution in [2.75, 3.05) is 5.73 Å². The number of anilines is 1. The molecule has 4 heteroatoms. The molecule has 0 atom stereocenters. The van der Waals surface area contributed by atoms with Gasteiger partial charge in [0.15, 0.2) is 0 Å². The number of alkyl halides is 3. The maximum atomic E-state index is 12.2. The number of benzene rings is 1. The number of hydrogen-bond acceptors (Lipinski definition) is 1. The summed E-state index contributed by atoms with van der Waals surface area (Å²) in [5.74, 6) is 0. The number of allylic oxidation sites excluding steroid dienone is 1. The summed E-state index contributed by atoms with van der Waals surface area (Å²) in [6, 6.07) is 6.43. The van der Waals surface area contributed by atoms with E-state index in [0.29, 0.717) is 11.3 Å². The fourth-order valence-corrected chi connectivity index (χ4v) is 0.957. The van der Waals surface area contributed by atoms with E-state index in [-0.39, 0.29) is 0 Å². The molecule has 76 valence electrons. The van der Waals surface area contributed by atoms with Crippen molar-refractivity contribution in [2.45, 2.75) is 13.1 Å². The van der Waals surface area contributed by atoms with Gasteiger partial charge < -0.3 is 5.73 Å². The first-order valence-corrected chi connectivity index (χ1v) is 4.01. The molecule has 14 heavy (non-hydrogen) atoms. The van der Waals surface area contributed by atoms with Gasteiger partial charge in [-0.3, -0.25) is 0 Å². The van der Waals surface area contributed by atoms with Crippen LogP contribution >= 0.6 is 0 Å². The fourth-order valence-electron chi connectivity index (χ4n) is 0.957. The predicted molar refractivity (Wildman–Crippen MR) is 50.6 cm³/mol. The molecule has 0 radical (unpaired) electrons. The van der Waals surface area contributed by atoms with Crippen molar-refractivity contribution in [3.63, 3.8) is 0 Å². The summed E-state index contributed by atoms with van der Waals surface area (Å²) in [6.45, 7) is 1.02. The smallest absolute Gasteiger partial charge is 0.398 e. The SMILES string of the molecule is C/C(=C\c1ccccc1N)C(F)(F)F. The summed E-state index contributed by atoms with van der Waals surface area (Å²) in [7, 11) is 0. The van der Waals surface area contributed by atoms with Crippen molar-refractivity contribution in [1.82, 2.24) is 0 Å². The van der Waals surface area contributed by atoms with Crippen molar-refractivity contribution in [3.8, 4) is 0 Å². The molecule has 0 amide bonds. The second kappa shape index (κ2) is 3.74. The minimum atomic E-state index is -4.29. The minimum Gasteiger partial charge on any atom is -0.398 e. The lowest BCUT2D eigenvalue weighted by Gasteiger charge is -2.07. The second-order valence-corrected chi connectivity index (χ2v) is 2.95. The van der Waals surface area contributed by atoms with Crippen molar-refractivity contribution in [1.29, 1.82) is 0 Å². The summed E-state index contributed by atoms with van der Waals surface area (Å²) >= 11 is 0. The summed E-state index contributed by atoms with van der Waals surface area (Å²) in [5.41, 5.74) is 5.58. The maximum absolute atomic E-state index is 12.2. The highest BCUT2D eigenvalue weighted by Gasteiger charge is 2.29. The molecule has 2 N–H and O–H groups in total. The van der Waals surface area contributed by atoms with Crippen LogP contribution in [-0.4, -0.2) is 6.18 Å². The molecular weight excluding hydrogens is 191 g/mol. The van der Waals surface area contributed by atoms with Crippen LogP contribution in [0.15, 0.2) is 29.8 Å². The van der Waals surface area contributed by atoms with Crippen LogP contribution in [0.3, 0.4) is 0 Å². The van der Waals surface area contributed by atoms with E-state index in [1.807, 2.05) is 0 Å². The molecule has 0 aliphatic heterocycles. The zero-order valence-electron chi connectivity index (χ0n) is 7.60. The van der Waals surface area contributed by atoms with E-state index in [9.17, 15) is 13.2 Å². The van der Waals surface area contributed by atoms with E-state index in [4.69, 9.17) is 5.73 Å². The lowest BCUT2D eigenvalue weighted by Crippen LogP contribution is -2.08. The van der Waals surface area contributed by atoms with Gasteiger partial charge in [-0.2, -0.15) is 13.2 Å². The Hall–Kier alpha value is -1.45. The van der Waals surface area contributed by atoms with Crippen LogP contribution in [0.2, 0.25) is 0 Å². The lowest BCUT2D eigenvalue weighted by molar-refractivity contribution is -0.0903. The Morgan fingerprint density at radius 3 is 2.36 bits per heavy atom. The average molecular weight is 201 g/mol. The molecule has 1 aromatic carbocycles. The molecule has 1 rings (SSSR count). The zero-order valence-corrected chi connectivity index (χ0v) is 7.60. The number of nitrogen functional groups attached to an aromatic ring is 1. The highest BCUT2D eigenvalue weighted by atomic mass is 19.4. The molecule has 0 heterocycles. The van der Waals surface area contributed by atoms with Gasteiger partial charge in [-0.1, -0.05) is 18.2 Å². The van der Waals surface area contributed by atoms with Crippen LogP contribution in [0.4, 0.5) is 18.9 Å². The first-order chi connectivity index (χ1) is 6.41. The zero-order chi connectivity index (χ0) is 10.8. The van der Waals surface area contributed by atoms with Crippen molar-refractivity contribution in [3.05, 3.63) is 35.4 Å². The molecule has 0 aliphatic rings. The summed E-state index contributed by atoms with van der Waals surface area (Å²) < 4.78 is 36.5. The quantitative estimate of drug-likeness (QED) is 0.693. The largest absolute Gasteiger partial charge is 0.412 e. The van der Waals surface area contributed by atoms with Gasteiger partial charge in [-0.05, 0) is 24.6 Å². The third kappa shape index (κ3) is 2.52. The predicted octanol–water partition coefficient (Wildman–Crippen LogP) is 3.23. The van der Waals surface area contributed by atoms with Crippen LogP contribution in [0, 0.1) is 0 Å². The van der Waals surface area contributed by atoms with Gasteiger partial charge in [0.2, 0.25) is 0 Å². The van der Waals surface area contributed by atoms with Gasteiger partial charge in [0.05, 0.1) is 0 Å². The molecule has 1 nitrogen and oxygen atoms in total. The normalized spacial score (nSPS) is 13.0. The summed E-state index contributed by atoms with van der Waals surface area (Å²) in [4.78, 5) is 0. The molecule has 0 unspecified atom stereocenters. The molecule has 0 saturated carbocycles. The van der Waals surface area contributed by atoms with E-state index < -0.39 is 11.7 Å². The third-order valence-corrected chi connectivity index (χ3v) is 1.82. The Bertz CT molecular complexity index is 353. The second-order valence-electron chi connectivity index (χ2n) is 2.95. The number of hydrogen-bond donors (Lipinski definition) is 1. The number of nitrogens with two attached hydrogens (primary N) is 1. The van der Waals surface area contributed by atoms with E-state index in [0.717, 1.165) is 13.0 Å². The minimum absolute atomic E-state index is 0.344. The Kier molecular flexibility index (Phi) is 2.84. The van der Waals surface area contributed by atoms with Gasteiger partial charge in [0.1, 0.15) is 0 Å². The van der Waals surface area contributed by atoms with E-state index in [1.54, 1.807) is 24.3 Å². The van der Waals surface area contributed by atoms with Crippen LogP contribution < -0.4 is 5.73 Å². The molecule has 0 bridgehead atoms. The standard InChI is InChI=1S/C10H10F3N/c1-7(10(11,12)13)6-8-4-2-3-5-9(8)14/h2-6H,14H2,1H3/b7-6+. The summed E-state index contributed by atoms with van der Waals surface area (Å²) in [6.07, 6.45) is -3.25. The van der Waals surface area contributed by atoms with Crippen LogP contribution in [-0.2, 0) is 0 Å². The molecule has 0 spiro atoms. The molecule has 1 aromatic rings. The number of para-hydroxylation sites is 1. The molecular formula is C10H10F3N. The maximum Gasteiger partial charge on any atom is 0.412 e. The Morgan fingerprint density at radius 1 is 1.29 bits per heavy atom. The first kappa shape index (κ1) is 10.6. The number of halogens is 3. The Balaban J connectivity index is 3.04.